The number of fused-ring (bicyclic) bond motifs is 1. The van der Waals surface area contributed by atoms with Gasteiger partial charge in [0.15, 0.2) is 0 Å². The van der Waals surface area contributed by atoms with Gasteiger partial charge in [-0.15, -0.1) is 0 Å². The first-order chi connectivity index (χ1) is 7.85. The molecule has 0 bridgehead atoms. The molecule has 0 aromatic carbocycles. The minimum absolute atomic E-state index is 0.801. The van der Waals surface area contributed by atoms with Crippen LogP contribution in [0.2, 0.25) is 0 Å². The van der Waals surface area contributed by atoms with Crippen molar-refractivity contribution in [2.45, 2.75) is 65.2 Å². The molecule has 2 aliphatic rings. The lowest BCUT2D eigenvalue weighted by molar-refractivity contribution is 0.312. The molecule has 0 amide bonds. The van der Waals surface area contributed by atoms with E-state index in [-0.39, 0.29) is 0 Å². The molecule has 0 aromatic heterocycles. The third kappa shape index (κ3) is 2.30. The molecule has 2 rings (SSSR count). The van der Waals surface area contributed by atoms with Gasteiger partial charge in [0.2, 0.25) is 0 Å². The van der Waals surface area contributed by atoms with Crippen LogP contribution in [-0.4, -0.2) is 13.1 Å². The van der Waals surface area contributed by atoms with E-state index in [0.717, 1.165) is 17.3 Å². The lowest BCUT2D eigenvalue weighted by Gasteiger charge is -2.21. The normalized spacial score (nSPS) is 30.4. The molecule has 1 saturated carbocycles. The molecule has 2 unspecified atom stereocenters. The van der Waals surface area contributed by atoms with Gasteiger partial charge < -0.3 is 5.32 Å². The average Bonchev–Trinajstić information content (AvgIpc) is 2.67. The van der Waals surface area contributed by atoms with E-state index < -0.39 is 0 Å². The van der Waals surface area contributed by atoms with Gasteiger partial charge in [-0.2, -0.15) is 0 Å². The van der Waals surface area contributed by atoms with Crippen LogP contribution in [0.4, 0.5) is 0 Å². The fourth-order valence-corrected chi connectivity index (χ4v) is 4.03. The quantitative estimate of drug-likeness (QED) is 0.614. The number of piperidine rings is 1. The fourth-order valence-electron chi connectivity index (χ4n) is 4.03. The van der Waals surface area contributed by atoms with Crippen molar-refractivity contribution in [2.75, 3.05) is 13.1 Å². The monoisotopic (exact) mass is 223 g/mol. The van der Waals surface area contributed by atoms with Crippen molar-refractivity contribution in [1.82, 2.24) is 5.32 Å². The van der Waals surface area contributed by atoms with Crippen LogP contribution in [0, 0.1) is 17.3 Å². The summed E-state index contributed by atoms with van der Waals surface area (Å²) in [5, 5.41) is 3.56. The maximum absolute atomic E-state index is 3.56. The summed E-state index contributed by atoms with van der Waals surface area (Å²) in [4.78, 5) is 0. The minimum Gasteiger partial charge on any atom is -0.316 e. The van der Waals surface area contributed by atoms with Gasteiger partial charge in [-0.3, -0.25) is 0 Å². The SMILES string of the molecule is CCCCCC1(CCCCC)C2CNCC21. The average molecular weight is 223 g/mol. The summed E-state index contributed by atoms with van der Waals surface area (Å²) in [5.74, 6) is 2.11. The molecular weight excluding hydrogens is 194 g/mol. The van der Waals surface area contributed by atoms with E-state index in [1.165, 1.54) is 64.5 Å². The Morgan fingerprint density at radius 3 is 1.81 bits per heavy atom. The molecule has 2 atom stereocenters. The highest BCUT2D eigenvalue weighted by Crippen LogP contribution is 2.66. The van der Waals surface area contributed by atoms with Crippen molar-refractivity contribution in [2.24, 2.45) is 17.3 Å². The molecule has 1 heteroatoms. The van der Waals surface area contributed by atoms with Crippen LogP contribution in [0.25, 0.3) is 0 Å². The van der Waals surface area contributed by atoms with E-state index in [2.05, 4.69) is 19.2 Å². The second-order valence-electron chi connectivity index (χ2n) is 6.02. The summed E-state index contributed by atoms with van der Waals surface area (Å²) < 4.78 is 0. The van der Waals surface area contributed by atoms with Gasteiger partial charge in [0.25, 0.3) is 0 Å². The Labute approximate surface area is 101 Å². The topological polar surface area (TPSA) is 12.0 Å². The summed E-state index contributed by atoms with van der Waals surface area (Å²) in [6.07, 6.45) is 11.7. The zero-order valence-corrected chi connectivity index (χ0v) is 11.2. The van der Waals surface area contributed by atoms with Crippen LogP contribution in [-0.2, 0) is 0 Å². The first-order valence-electron chi connectivity index (χ1n) is 7.56. The Balaban J connectivity index is 1.78. The molecule has 0 aromatic rings. The van der Waals surface area contributed by atoms with Crippen LogP contribution in [0.1, 0.15) is 65.2 Å². The van der Waals surface area contributed by atoms with Gasteiger partial charge in [-0.1, -0.05) is 52.4 Å². The summed E-state index contributed by atoms with van der Waals surface area (Å²) >= 11 is 0. The van der Waals surface area contributed by atoms with Crippen LogP contribution in [0.15, 0.2) is 0 Å². The largest absolute Gasteiger partial charge is 0.316 e. The lowest BCUT2D eigenvalue weighted by Crippen LogP contribution is -2.22. The van der Waals surface area contributed by atoms with Crippen LogP contribution >= 0.6 is 0 Å². The van der Waals surface area contributed by atoms with E-state index in [1.807, 2.05) is 0 Å². The van der Waals surface area contributed by atoms with Crippen molar-refractivity contribution >= 4 is 0 Å². The van der Waals surface area contributed by atoms with Crippen molar-refractivity contribution < 1.29 is 0 Å². The van der Waals surface area contributed by atoms with Crippen molar-refractivity contribution in [3.05, 3.63) is 0 Å². The van der Waals surface area contributed by atoms with Crippen molar-refractivity contribution in [1.29, 1.82) is 0 Å². The first-order valence-corrected chi connectivity index (χ1v) is 7.56. The third-order valence-electron chi connectivity index (χ3n) is 5.07. The first kappa shape index (κ1) is 12.4. The Morgan fingerprint density at radius 2 is 1.38 bits per heavy atom. The number of nitrogens with one attached hydrogen (secondary N) is 1. The molecule has 0 radical (unpaired) electrons. The Bertz CT molecular complexity index is 189. The second-order valence-corrected chi connectivity index (χ2v) is 6.02. The number of rotatable bonds is 8. The van der Waals surface area contributed by atoms with Gasteiger partial charge in [0, 0.05) is 0 Å². The van der Waals surface area contributed by atoms with Gasteiger partial charge >= 0.3 is 0 Å². The molecule has 1 aliphatic carbocycles. The van der Waals surface area contributed by atoms with Crippen molar-refractivity contribution in [3.63, 3.8) is 0 Å². The van der Waals surface area contributed by atoms with Gasteiger partial charge in [-0.25, -0.2) is 0 Å². The van der Waals surface area contributed by atoms with Gasteiger partial charge in [-0.05, 0) is 43.2 Å². The van der Waals surface area contributed by atoms with E-state index in [4.69, 9.17) is 0 Å². The zero-order valence-electron chi connectivity index (χ0n) is 11.2. The minimum atomic E-state index is 0.801. The summed E-state index contributed by atoms with van der Waals surface area (Å²) in [6.45, 7) is 7.28. The predicted molar refractivity (Wildman–Crippen MR) is 70.6 cm³/mol. The Kier molecular flexibility index (Phi) is 4.29. The van der Waals surface area contributed by atoms with Crippen LogP contribution in [0.5, 0.6) is 0 Å². The van der Waals surface area contributed by atoms with E-state index in [0.29, 0.717) is 0 Å². The highest BCUT2D eigenvalue weighted by Gasteiger charge is 2.64. The predicted octanol–water partition coefficient (Wildman–Crippen LogP) is 3.98. The molecule has 2 fully saturated rings. The smallest absolute Gasteiger partial charge is 0.00116 e. The fraction of sp³-hybridized carbons (Fsp3) is 1.00. The molecule has 1 saturated heterocycles. The van der Waals surface area contributed by atoms with Crippen LogP contribution in [0.3, 0.4) is 0 Å². The summed E-state index contributed by atoms with van der Waals surface area (Å²) in [5.41, 5.74) is 0.801. The molecule has 1 aliphatic heterocycles. The maximum atomic E-state index is 3.56. The zero-order chi connectivity index (χ0) is 11.4. The molecule has 1 N–H and O–H groups in total. The molecule has 94 valence electrons. The molecule has 0 spiro atoms. The Hall–Kier alpha value is -0.0400. The number of hydrogen-bond acceptors (Lipinski definition) is 1. The van der Waals surface area contributed by atoms with Gasteiger partial charge in [0.05, 0.1) is 0 Å². The standard InChI is InChI=1S/C15H29N/c1-3-5-7-9-15(10-8-6-4-2)13-11-16-12-14(13)15/h13-14,16H,3-12H2,1-2H3. The molecule has 1 heterocycles. The molecule has 1 nitrogen and oxygen atoms in total. The van der Waals surface area contributed by atoms with Crippen molar-refractivity contribution in [3.8, 4) is 0 Å². The van der Waals surface area contributed by atoms with E-state index >= 15 is 0 Å². The highest BCUT2D eigenvalue weighted by molar-refractivity contribution is 5.14. The Morgan fingerprint density at radius 1 is 0.875 bits per heavy atom. The van der Waals surface area contributed by atoms with Crippen LogP contribution < -0.4 is 5.32 Å². The third-order valence-corrected chi connectivity index (χ3v) is 5.07. The maximum Gasteiger partial charge on any atom is -0.00116 e. The number of unbranched alkanes of at least 4 members (excludes halogenated alkanes) is 4. The van der Waals surface area contributed by atoms with E-state index in [9.17, 15) is 0 Å². The number of hydrogen-bond donors (Lipinski definition) is 1. The lowest BCUT2D eigenvalue weighted by atomic mass is 9.87. The highest BCUT2D eigenvalue weighted by atomic mass is 15.0. The summed E-state index contributed by atoms with van der Waals surface area (Å²) in [7, 11) is 0. The molecule has 16 heavy (non-hydrogen) atoms. The summed E-state index contributed by atoms with van der Waals surface area (Å²) in [6, 6.07) is 0. The van der Waals surface area contributed by atoms with Gasteiger partial charge in [0.1, 0.15) is 0 Å². The second kappa shape index (κ2) is 5.53. The van der Waals surface area contributed by atoms with E-state index in [1.54, 1.807) is 0 Å². The molecular formula is C15H29N.